The Kier molecular flexibility index (Phi) is 3.75. The summed E-state index contributed by atoms with van der Waals surface area (Å²) in [6, 6.07) is 6.34. The number of nitrogens with two attached hydrogens (primary N) is 1. The molecule has 0 saturated heterocycles. The molecular formula is C12H15N3O3S. The third-order valence-electron chi connectivity index (χ3n) is 2.70. The molecule has 1 heterocycles. The van der Waals surface area contributed by atoms with Crippen LogP contribution in [-0.4, -0.2) is 31.1 Å². The van der Waals surface area contributed by atoms with E-state index in [1.807, 2.05) is 0 Å². The number of nitrogen functional groups attached to an aromatic ring is 1. The van der Waals surface area contributed by atoms with E-state index in [0.29, 0.717) is 5.75 Å². The van der Waals surface area contributed by atoms with Gasteiger partial charge in [-0.2, -0.15) is 5.10 Å². The van der Waals surface area contributed by atoms with Crippen LogP contribution in [0, 0.1) is 0 Å². The Bertz CT molecular complexity index is 651. The fourth-order valence-corrected chi connectivity index (χ4v) is 3.04. The number of hydrogen-bond acceptors (Lipinski definition) is 5. The molecule has 0 unspecified atom stereocenters. The Morgan fingerprint density at radius 3 is 2.84 bits per heavy atom. The topological polar surface area (TPSA) is 87.2 Å². The highest BCUT2D eigenvalue weighted by Gasteiger charge is 2.18. The highest BCUT2D eigenvalue weighted by atomic mass is 32.2. The first-order valence-corrected chi connectivity index (χ1v) is 7.32. The molecule has 0 amide bonds. The van der Waals surface area contributed by atoms with Gasteiger partial charge in [0.1, 0.15) is 5.75 Å². The zero-order chi connectivity index (χ0) is 13.9. The van der Waals surface area contributed by atoms with E-state index >= 15 is 0 Å². The van der Waals surface area contributed by atoms with Crippen LogP contribution in [0.3, 0.4) is 0 Å². The lowest BCUT2D eigenvalue weighted by atomic mass is 10.3. The number of sulfone groups is 1. The second-order valence-electron chi connectivity index (χ2n) is 3.99. The van der Waals surface area contributed by atoms with Gasteiger partial charge >= 0.3 is 0 Å². The van der Waals surface area contributed by atoms with Crippen LogP contribution in [0.25, 0.3) is 0 Å². The van der Waals surface area contributed by atoms with Gasteiger partial charge in [-0.25, -0.2) is 8.42 Å². The molecule has 102 valence electrons. The lowest BCUT2D eigenvalue weighted by Gasteiger charge is -2.09. The molecule has 2 aromatic rings. The van der Waals surface area contributed by atoms with Gasteiger partial charge in [-0.3, -0.25) is 4.68 Å². The van der Waals surface area contributed by atoms with Crippen molar-refractivity contribution in [1.82, 2.24) is 9.78 Å². The van der Waals surface area contributed by atoms with E-state index in [4.69, 9.17) is 10.5 Å². The largest absolute Gasteiger partial charge is 0.497 e. The summed E-state index contributed by atoms with van der Waals surface area (Å²) in [7, 11) is -1.99. The van der Waals surface area contributed by atoms with Crippen LogP contribution in [0.1, 0.15) is 0 Å². The number of aryl methyl sites for hydroxylation is 1. The van der Waals surface area contributed by atoms with Crippen molar-refractivity contribution in [3.8, 4) is 5.75 Å². The molecule has 0 aliphatic heterocycles. The van der Waals surface area contributed by atoms with E-state index in [-0.39, 0.29) is 22.9 Å². The molecule has 1 aromatic carbocycles. The van der Waals surface area contributed by atoms with Crippen molar-refractivity contribution in [1.29, 1.82) is 0 Å². The maximum Gasteiger partial charge on any atom is 0.182 e. The van der Waals surface area contributed by atoms with E-state index in [1.54, 1.807) is 29.2 Å². The minimum Gasteiger partial charge on any atom is -0.497 e. The molecule has 2 N–H and O–H groups in total. The molecule has 1 aromatic heterocycles. The number of anilines is 1. The number of nitrogens with zero attached hydrogens (tertiary/aromatic N) is 2. The lowest BCUT2D eigenvalue weighted by molar-refractivity contribution is 0.413. The smallest absolute Gasteiger partial charge is 0.182 e. The lowest BCUT2D eigenvalue weighted by Crippen LogP contribution is -2.15. The van der Waals surface area contributed by atoms with Gasteiger partial charge < -0.3 is 10.5 Å². The number of ether oxygens (including phenoxy) is 1. The monoisotopic (exact) mass is 281 g/mol. The zero-order valence-electron chi connectivity index (χ0n) is 10.5. The normalized spacial score (nSPS) is 11.4. The minimum atomic E-state index is -3.47. The Morgan fingerprint density at radius 2 is 2.21 bits per heavy atom. The van der Waals surface area contributed by atoms with Crippen molar-refractivity contribution in [2.24, 2.45) is 0 Å². The fourth-order valence-electron chi connectivity index (χ4n) is 1.67. The maximum atomic E-state index is 12.2. The molecule has 6 nitrogen and oxygen atoms in total. The van der Waals surface area contributed by atoms with Gasteiger partial charge in [0.2, 0.25) is 0 Å². The average molecular weight is 281 g/mol. The molecule has 0 saturated carbocycles. The molecule has 0 bridgehead atoms. The SMILES string of the molecule is COc1ccc(N)c(S(=O)(=O)CCn2cccn2)c1. The van der Waals surface area contributed by atoms with Gasteiger partial charge in [0.05, 0.1) is 30.0 Å². The number of methoxy groups -OCH3 is 1. The average Bonchev–Trinajstić information content (AvgIpc) is 2.90. The van der Waals surface area contributed by atoms with Crippen molar-refractivity contribution in [3.05, 3.63) is 36.7 Å². The van der Waals surface area contributed by atoms with Crippen LogP contribution < -0.4 is 10.5 Å². The third-order valence-corrected chi connectivity index (χ3v) is 4.45. The quantitative estimate of drug-likeness (QED) is 0.824. The first-order valence-electron chi connectivity index (χ1n) is 5.66. The van der Waals surface area contributed by atoms with Crippen molar-refractivity contribution in [2.45, 2.75) is 11.4 Å². The summed E-state index contributed by atoms with van der Waals surface area (Å²) in [6.45, 7) is 0.284. The zero-order valence-corrected chi connectivity index (χ0v) is 11.3. The molecule has 0 aliphatic rings. The van der Waals surface area contributed by atoms with E-state index < -0.39 is 9.84 Å². The first-order chi connectivity index (χ1) is 9.03. The van der Waals surface area contributed by atoms with E-state index in [1.165, 1.54) is 19.2 Å². The van der Waals surface area contributed by atoms with E-state index in [9.17, 15) is 8.42 Å². The fraction of sp³-hybridized carbons (Fsp3) is 0.250. The summed E-state index contributed by atoms with van der Waals surface area (Å²) in [4.78, 5) is 0.0963. The van der Waals surface area contributed by atoms with Crippen molar-refractivity contribution in [2.75, 3.05) is 18.6 Å². The number of aromatic nitrogens is 2. The van der Waals surface area contributed by atoms with Gasteiger partial charge in [0, 0.05) is 18.5 Å². The standard InChI is InChI=1S/C12H15N3O3S/c1-18-10-3-4-11(13)12(9-10)19(16,17)8-7-15-6-2-5-14-15/h2-6,9H,7-8,13H2,1H3. The highest BCUT2D eigenvalue weighted by molar-refractivity contribution is 7.91. The molecule has 0 aliphatic carbocycles. The second kappa shape index (κ2) is 5.31. The number of rotatable bonds is 5. The van der Waals surface area contributed by atoms with Crippen LogP contribution in [0.5, 0.6) is 5.75 Å². The van der Waals surface area contributed by atoms with Gasteiger partial charge in [-0.05, 0) is 18.2 Å². The number of hydrogen-bond donors (Lipinski definition) is 1. The summed E-state index contributed by atoms with van der Waals surface area (Å²) in [5.41, 5.74) is 5.95. The molecule has 0 spiro atoms. The van der Waals surface area contributed by atoms with Crippen LogP contribution in [0.15, 0.2) is 41.6 Å². The summed E-state index contributed by atoms with van der Waals surface area (Å²) < 4.78 is 31.1. The van der Waals surface area contributed by atoms with Crippen molar-refractivity contribution < 1.29 is 13.2 Å². The maximum absolute atomic E-state index is 12.2. The molecule has 0 atom stereocenters. The molecule has 0 radical (unpaired) electrons. The molecule has 2 rings (SSSR count). The number of benzene rings is 1. The van der Waals surface area contributed by atoms with Crippen LogP contribution in [-0.2, 0) is 16.4 Å². The molecule has 7 heteroatoms. The van der Waals surface area contributed by atoms with E-state index in [0.717, 1.165) is 0 Å². The van der Waals surface area contributed by atoms with Crippen LogP contribution in [0.4, 0.5) is 5.69 Å². The Labute approximate surface area is 111 Å². The van der Waals surface area contributed by atoms with Crippen molar-refractivity contribution >= 4 is 15.5 Å². The molecule has 0 fully saturated rings. The van der Waals surface area contributed by atoms with Gasteiger partial charge in [-0.1, -0.05) is 0 Å². The van der Waals surface area contributed by atoms with Gasteiger partial charge in [-0.15, -0.1) is 0 Å². The Morgan fingerprint density at radius 1 is 1.42 bits per heavy atom. The Balaban J connectivity index is 2.23. The summed E-state index contributed by atoms with van der Waals surface area (Å²) in [5, 5.41) is 3.97. The minimum absolute atomic E-state index is 0.0634. The van der Waals surface area contributed by atoms with E-state index in [2.05, 4.69) is 5.10 Å². The van der Waals surface area contributed by atoms with Crippen LogP contribution >= 0.6 is 0 Å². The molecule has 19 heavy (non-hydrogen) atoms. The van der Waals surface area contributed by atoms with Crippen molar-refractivity contribution in [3.63, 3.8) is 0 Å². The Hall–Kier alpha value is -2.02. The van der Waals surface area contributed by atoms with Gasteiger partial charge in [0.15, 0.2) is 9.84 Å². The third kappa shape index (κ3) is 3.05. The van der Waals surface area contributed by atoms with Crippen LogP contribution in [0.2, 0.25) is 0 Å². The predicted octanol–water partition coefficient (Wildman–Crippen LogP) is 0.948. The predicted molar refractivity (Wildman–Crippen MR) is 71.7 cm³/mol. The summed E-state index contributed by atoms with van der Waals surface area (Å²) in [6.07, 6.45) is 3.32. The summed E-state index contributed by atoms with van der Waals surface area (Å²) in [5.74, 6) is 0.401. The summed E-state index contributed by atoms with van der Waals surface area (Å²) >= 11 is 0. The first kappa shape index (κ1) is 13.4. The second-order valence-corrected chi connectivity index (χ2v) is 6.07. The van der Waals surface area contributed by atoms with Gasteiger partial charge in [0.25, 0.3) is 0 Å². The highest BCUT2D eigenvalue weighted by Crippen LogP contribution is 2.25. The molecular weight excluding hydrogens is 266 g/mol.